The number of hydrogen-bond donors (Lipinski definition) is 1. The zero-order valence-electron chi connectivity index (χ0n) is 19.6. The summed E-state index contributed by atoms with van der Waals surface area (Å²) in [6, 6.07) is 25.2. The number of carbonyl (C=O) groups excluding carboxylic acids is 2. The number of carboxylic acids is 1. The van der Waals surface area contributed by atoms with Gasteiger partial charge in [-0.15, -0.1) is 0 Å². The highest BCUT2D eigenvalue weighted by molar-refractivity contribution is 6.30. The Morgan fingerprint density at radius 1 is 0.972 bits per heavy atom. The van der Waals surface area contributed by atoms with Crippen molar-refractivity contribution in [1.82, 2.24) is 9.80 Å². The van der Waals surface area contributed by atoms with E-state index >= 15 is 0 Å². The van der Waals surface area contributed by atoms with E-state index in [1.807, 2.05) is 66.7 Å². The van der Waals surface area contributed by atoms with Crippen LogP contribution in [0.2, 0.25) is 5.02 Å². The van der Waals surface area contributed by atoms with Crippen molar-refractivity contribution in [1.29, 1.82) is 0 Å². The molecule has 2 amide bonds. The fourth-order valence-corrected chi connectivity index (χ4v) is 4.62. The van der Waals surface area contributed by atoms with Crippen LogP contribution in [0.5, 0.6) is 0 Å². The zero-order valence-corrected chi connectivity index (χ0v) is 20.4. The molecule has 0 aliphatic carbocycles. The average Bonchev–Trinajstić information content (AvgIpc) is 2.88. The van der Waals surface area contributed by atoms with Crippen molar-refractivity contribution < 1.29 is 24.2 Å². The molecule has 2 atom stereocenters. The van der Waals surface area contributed by atoms with Crippen LogP contribution in [0.15, 0.2) is 84.9 Å². The van der Waals surface area contributed by atoms with Gasteiger partial charge in [0.05, 0.1) is 6.04 Å². The molecule has 0 spiro atoms. The van der Waals surface area contributed by atoms with Crippen molar-refractivity contribution in [2.75, 3.05) is 19.7 Å². The molecular formula is C28H27ClN2O5. The molecule has 36 heavy (non-hydrogen) atoms. The SMILES string of the molecule is O=C(O)CN(CCc1ccccc1)C(=O)[C@@H]1OCC(=O)N(Cc2cccc(Cl)c2)[C@@H]1c1ccccc1. The number of carboxylic acid groups (broad SMARTS) is 1. The van der Waals surface area contributed by atoms with Gasteiger partial charge >= 0.3 is 5.97 Å². The Balaban J connectivity index is 1.64. The largest absolute Gasteiger partial charge is 0.480 e. The van der Waals surface area contributed by atoms with Gasteiger partial charge in [0, 0.05) is 18.1 Å². The fraction of sp³-hybridized carbons (Fsp3) is 0.250. The van der Waals surface area contributed by atoms with Gasteiger partial charge in [0.15, 0.2) is 6.10 Å². The van der Waals surface area contributed by atoms with Crippen LogP contribution in [0.1, 0.15) is 22.7 Å². The fourth-order valence-electron chi connectivity index (χ4n) is 4.40. The molecule has 8 heteroatoms. The highest BCUT2D eigenvalue weighted by Crippen LogP contribution is 2.33. The molecule has 0 saturated carbocycles. The summed E-state index contributed by atoms with van der Waals surface area (Å²) in [5.41, 5.74) is 2.53. The number of morpholine rings is 1. The molecule has 1 aliphatic rings. The Hall–Kier alpha value is -3.68. The molecule has 0 radical (unpaired) electrons. The third-order valence-electron chi connectivity index (χ3n) is 6.11. The van der Waals surface area contributed by atoms with Crippen LogP contribution in [-0.2, 0) is 32.1 Å². The van der Waals surface area contributed by atoms with Crippen molar-refractivity contribution in [3.05, 3.63) is 107 Å². The number of aliphatic carboxylic acids is 1. The van der Waals surface area contributed by atoms with Gasteiger partial charge in [-0.05, 0) is 35.2 Å². The van der Waals surface area contributed by atoms with E-state index in [1.165, 1.54) is 4.90 Å². The molecule has 0 aromatic heterocycles. The Morgan fingerprint density at radius 3 is 2.31 bits per heavy atom. The quantitative estimate of drug-likeness (QED) is 0.474. The summed E-state index contributed by atoms with van der Waals surface area (Å²) in [5.74, 6) is -1.84. The van der Waals surface area contributed by atoms with Crippen LogP contribution in [0.25, 0.3) is 0 Å². The second-order valence-electron chi connectivity index (χ2n) is 8.63. The van der Waals surface area contributed by atoms with E-state index in [0.717, 1.165) is 16.7 Å². The van der Waals surface area contributed by atoms with Gasteiger partial charge < -0.3 is 19.6 Å². The van der Waals surface area contributed by atoms with Crippen LogP contribution in [0, 0.1) is 0 Å². The molecule has 1 N–H and O–H groups in total. The first kappa shape index (κ1) is 25.4. The van der Waals surface area contributed by atoms with Crippen LogP contribution >= 0.6 is 11.6 Å². The molecule has 1 heterocycles. The molecule has 0 bridgehead atoms. The van der Waals surface area contributed by atoms with Crippen LogP contribution in [-0.4, -0.2) is 58.5 Å². The maximum Gasteiger partial charge on any atom is 0.323 e. The molecule has 1 aliphatic heterocycles. The maximum absolute atomic E-state index is 13.8. The first-order chi connectivity index (χ1) is 17.4. The minimum atomic E-state index is -1.12. The van der Waals surface area contributed by atoms with Gasteiger partial charge in [-0.2, -0.15) is 0 Å². The van der Waals surface area contributed by atoms with E-state index in [1.54, 1.807) is 23.1 Å². The summed E-state index contributed by atoms with van der Waals surface area (Å²) in [7, 11) is 0. The molecule has 0 unspecified atom stereocenters. The van der Waals surface area contributed by atoms with Gasteiger partial charge in [0.25, 0.3) is 5.91 Å². The lowest BCUT2D eigenvalue weighted by Gasteiger charge is -2.42. The molecule has 1 fully saturated rings. The number of benzene rings is 3. The number of carbonyl (C=O) groups is 3. The number of hydrogen-bond acceptors (Lipinski definition) is 4. The Bertz CT molecular complexity index is 1200. The van der Waals surface area contributed by atoms with E-state index in [4.69, 9.17) is 16.3 Å². The van der Waals surface area contributed by atoms with Crippen LogP contribution < -0.4 is 0 Å². The van der Waals surface area contributed by atoms with Gasteiger partial charge in [-0.25, -0.2) is 0 Å². The predicted octanol–water partition coefficient (Wildman–Crippen LogP) is 3.96. The first-order valence-corrected chi connectivity index (χ1v) is 12.0. The smallest absolute Gasteiger partial charge is 0.323 e. The van der Waals surface area contributed by atoms with Crippen LogP contribution in [0.4, 0.5) is 0 Å². The number of amides is 2. The Morgan fingerprint density at radius 2 is 1.64 bits per heavy atom. The maximum atomic E-state index is 13.8. The third kappa shape index (κ3) is 6.30. The topological polar surface area (TPSA) is 87.1 Å². The highest BCUT2D eigenvalue weighted by Gasteiger charge is 2.43. The van der Waals surface area contributed by atoms with Crippen molar-refractivity contribution in [3.8, 4) is 0 Å². The van der Waals surface area contributed by atoms with Gasteiger partial charge in [-0.3, -0.25) is 14.4 Å². The third-order valence-corrected chi connectivity index (χ3v) is 6.34. The summed E-state index contributed by atoms with van der Waals surface area (Å²) in [5, 5.41) is 10.1. The van der Waals surface area contributed by atoms with Crippen molar-refractivity contribution >= 4 is 29.4 Å². The van der Waals surface area contributed by atoms with E-state index in [9.17, 15) is 19.5 Å². The van der Waals surface area contributed by atoms with Gasteiger partial charge in [0.2, 0.25) is 5.91 Å². The summed E-state index contributed by atoms with van der Waals surface area (Å²) < 4.78 is 5.82. The molecule has 3 aromatic rings. The molecule has 3 aromatic carbocycles. The number of halogens is 1. The number of nitrogens with zero attached hydrogens (tertiary/aromatic N) is 2. The van der Waals surface area contributed by atoms with Gasteiger partial charge in [0.1, 0.15) is 13.2 Å². The van der Waals surface area contributed by atoms with E-state index in [-0.39, 0.29) is 25.6 Å². The molecular weight excluding hydrogens is 480 g/mol. The lowest BCUT2D eigenvalue weighted by Crippen LogP contribution is -2.55. The normalized spacial score (nSPS) is 17.6. The first-order valence-electron chi connectivity index (χ1n) is 11.7. The minimum Gasteiger partial charge on any atom is -0.480 e. The number of rotatable bonds is 9. The summed E-state index contributed by atoms with van der Waals surface area (Å²) in [4.78, 5) is 41.4. The van der Waals surface area contributed by atoms with E-state index in [0.29, 0.717) is 11.4 Å². The lowest BCUT2D eigenvalue weighted by atomic mass is 9.95. The monoisotopic (exact) mass is 506 g/mol. The summed E-state index contributed by atoms with van der Waals surface area (Å²) >= 11 is 6.16. The predicted molar refractivity (Wildman–Crippen MR) is 135 cm³/mol. The summed E-state index contributed by atoms with van der Waals surface area (Å²) in [6.07, 6.45) is -0.562. The molecule has 4 rings (SSSR count). The van der Waals surface area contributed by atoms with Crippen molar-refractivity contribution in [2.24, 2.45) is 0 Å². The zero-order chi connectivity index (χ0) is 25.5. The lowest BCUT2D eigenvalue weighted by molar-refractivity contribution is -0.171. The van der Waals surface area contributed by atoms with Crippen molar-refractivity contribution in [3.63, 3.8) is 0 Å². The highest BCUT2D eigenvalue weighted by atomic mass is 35.5. The second-order valence-corrected chi connectivity index (χ2v) is 9.06. The average molecular weight is 507 g/mol. The summed E-state index contributed by atoms with van der Waals surface area (Å²) in [6.45, 7) is -0.303. The molecule has 1 saturated heterocycles. The minimum absolute atomic E-state index is 0.207. The Labute approximate surface area is 214 Å². The van der Waals surface area contributed by atoms with Crippen molar-refractivity contribution in [2.45, 2.75) is 25.1 Å². The van der Waals surface area contributed by atoms with Crippen LogP contribution in [0.3, 0.4) is 0 Å². The number of ether oxygens (including phenoxy) is 1. The Kier molecular flexibility index (Phi) is 8.36. The van der Waals surface area contributed by atoms with E-state index in [2.05, 4.69) is 0 Å². The van der Waals surface area contributed by atoms with E-state index < -0.39 is 30.6 Å². The molecule has 7 nitrogen and oxygen atoms in total. The second kappa shape index (κ2) is 11.8. The standard InChI is InChI=1S/C28H27ClN2O5/c29-23-13-7-10-21(16-23)17-31-24(32)19-36-27(26(31)22-11-5-2-6-12-22)28(35)30(18-25(33)34)15-14-20-8-3-1-4-9-20/h1-13,16,26-27H,14-15,17-19H2,(H,33,34)/t26-,27-/m1/s1. The van der Waals surface area contributed by atoms with Gasteiger partial charge in [-0.1, -0.05) is 84.4 Å². The molecule has 186 valence electrons.